The topological polar surface area (TPSA) is 58.2 Å². The maximum atomic E-state index is 12.4. The maximum absolute atomic E-state index is 12.4. The van der Waals surface area contributed by atoms with Crippen LogP contribution in [-0.4, -0.2) is 40.7 Å². The van der Waals surface area contributed by atoms with Gasteiger partial charge in [-0.05, 0) is 17.7 Å². The summed E-state index contributed by atoms with van der Waals surface area (Å²) in [6, 6.07) is 5.32. The van der Waals surface area contributed by atoms with E-state index in [2.05, 4.69) is 10.2 Å². The van der Waals surface area contributed by atoms with Gasteiger partial charge in [0, 0.05) is 6.54 Å². The third-order valence-electron chi connectivity index (χ3n) is 3.48. The lowest BCUT2D eigenvalue weighted by molar-refractivity contribution is -0.0230. The van der Waals surface area contributed by atoms with Crippen LogP contribution in [0.1, 0.15) is 22.2 Å². The van der Waals surface area contributed by atoms with Gasteiger partial charge in [-0.25, -0.2) is 0 Å². The highest BCUT2D eigenvalue weighted by Crippen LogP contribution is 2.29. The van der Waals surface area contributed by atoms with Crippen LogP contribution in [-0.2, 0) is 4.74 Å². The summed E-state index contributed by atoms with van der Waals surface area (Å²) >= 11 is 17.9. The van der Waals surface area contributed by atoms with Crippen LogP contribution in [0, 0.1) is 0 Å². The summed E-state index contributed by atoms with van der Waals surface area (Å²) in [4.78, 5) is 14.1. The van der Waals surface area contributed by atoms with E-state index in [1.807, 2.05) is 6.07 Å². The summed E-state index contributed by atoms with van der Waals surface area (Å²) in [7, 11) is 0. The molecule has 0 bridgehead atoms. The molecule has 3 rings (SSSR count). The Bertz CT molecular complexity index is 704. The zero-order chi connectivity index (χ0) is 15.7. The van der Waals surface area contributed by atoms with Gasteiger partial charge < -0.3 is 9.64 Å². The smallest absolute Gasteiger partial charge is 0.273 e. The van der Waals surface area contributed by atoms with Gasteiger partial charge >= 0.3 is 0 Å². The van der Waals surface area contributed by atoms with Crippen LogP contribution in [0.3, 0.4) is 0 Å². The van der Waals surface area contributed by atoms with Gasteiger partial charge in [-0.1, -0.05) is 40.9 Å². The van der Waals surface area contributed by atoms with Crippen LogP contribution in [0.2, 0.25) is 15.1 Å². The van der Waals surface area contributed by atoms with Crippen LogP contribution in [0.25, 0.3) is 0 Å². The van der Waals surface area contributed by atoms with Crippen LogP contribution >= 0.6 is 34.8 Å². The number of benzene rings is 1. The zero-order valence-corrected chi connectivity index (χ0v) is 13.6. The summed E-state index contributed by atoms with van der Waals surface area (Å²) in [5.41, 5.74) is 1.17. The Morgan fingerprint density at radius 1 is 1.27 bits per heavy atom. The first-order valence-electron chi connectivity index (χ1n) is 6.61. The minimum Gasteiger partial charge on any atom is -0.370 e. The zero-order valence-electron chi connectivity index (χ0n) is 11.4. The van der Waals surface area contributed by atoms with Crippen molar-refractivity contribution in [3.63, 3.8) is 0 Å². The molecule has 0 spiro atoms. The number of morpholine rings is 1. The monoisotopic (exact) mass is 359 g/mol. The van der Waals surface area contributed by atoms with Gasteiger partial charge in [0.2, 0.25) is 0 Å². The summed E-state index contributed by atoms with van der Waals surface area (Å²) in [6.45, 7) is 1.33. The van der Waals surface area contributed by atoms with E-state index in [1.165, 1.54) is 6.20 Å². The fraction of sp³-hybridized carbons (Fsp3) is 0.286. The molecule has 1 amide bonds. The molecule has 1 N–H and O–H groups in total. The van der Waals surface area contributed by atoms with E-state index >= 15 is 0 Å². The van der Waals surface area contributed by atoms with Gasteiger partial charge in [0.25, 0.3) is 5.91 Å². The average molecular weight is 361 g/mol. The molecule has 8 heteroatoms. The van der Waals surface area contributed by atoms with E-state index in [1.54, 1.807) is 17.0 Å². The van der Waals surface area contributed by atoms with Crippen LogP contribution < -0.4 is 0 Å². The average Bonchev–Trinajstić information content (AvgIpc) is 2.95. The van der Waals surface area contributed by atoms with E-state index in [4.69, 9.17) is 39.5 Å². The van der Waals surface area contributed by atoms with Gasteiger partial charge in [-0.2, -0.15) is 5.10 Å². The third kappa shape index (κ3) is 3.08. The summed E-state index contributed by atoms with van der Waals surface area (Å²) in [5.74, 6) is -0.198. The Labute approximate surface area is 142 Å². The lowest BCUT2D eigenvalue weighted by Gasteiger charge is -2.33. The third-order valence-corrected chi connectivity index (χ3v) is 4.50. The summed E-state index contributed by atoms with van der Waals surface area (Å²) in [6.07, 6.45) is 1.15. The highest BCUT2D eigenvalue weighted by molar-refractivity contribution is 6.42. The molecule has 2 aromatic rings. The predicted molar refractivity (Wildman–Crippen MR) is 84.7 cm³/mol. The molecular formula is C14H12Cl3N3O2. The number of hydrogen-bond acceptors (Lipinski definition) is 3. The predicted octanol–water partition coefficient (Wildman–Crippen LogP) is 3.58. The second-order valence-corrected chi connectivity index (χ2v) is 6.10. The molecule has 0 aliphatic carbocycles. The van der Waals surface area contributed by atoms with Gasteiger partial charge in [-0.15, -0.1) is 0 Å². The Kier molecular flexibility index (Phi) is 4.59. The van der Waals surface area contributed by atoms with Crippen molar-refractivity contribution in [1.29, 1.82) is 0 Å². The van der Waals surface area contributed by atoms with Crippen molar-refractivity contribution in [3.05, 3.63) is 50.7 Å². The Hall–Kier alpha value is -1.27. The number of aromatic nitrogens is 2. The molecule has 1 saturated heterocycles. The minimum atomic E-state index is -0.255. The molecule has 1 atom stereocenters. The van der Waals surface area contributed by atoms with Crippen molar-refractivity contribution in [3.8, 4) is 0 Å². The van der Waals surface area contributed by atoms with Gasteiger partial charge in [0.15, 0.2) is 0 Å². The second-order valence-electron chi connectivity index (χ2n) is 4.88. The molecule has 0 unspecified atom stereocenters. The molecule has 1 aliphatic rings. The van der Waals surface area contributed by atoms with Crippen LogP contribution in [0.15, 0.2) is 24.4 Å². The number of H-pyrrole nitrogens is 1. The molecule has 1 aliphatic heterocycles. The molecule has 2 heterocycles. The number of halogens is 3. The van der Waals surface area contributed by atoms with Crippen molar-refractivity contribution in [1.82, 2.24) is 15.1 Å². The minimum absolute atomic E-state index is 0.198. The Morgan fingerprint density at radius 2 is 2.09 bits per heavy atom. The second kappa shape index (κ2) is 6.46. The number of rotatable bonds is 2. The summed E-state index contributed by atoms with van der Waals surface area (Å²) in [5, 5.41) is 7.64. The molecule has 0 saturated carbocycles. The molecule has 1 fully saturated rings. The first-order chi connectivity index (χ1) is 10.6. The van der Waals surface area contributed by atoms with E-state index < -0.39 is 0 Å². The Morgan fingerprint density at radius 3 is 2.77 bits per heavy atom. The normalized spacial score (nSPS) is 18.5. The number of amides is 1. The molecule has 1 aromatic carbocycles. The van der Waals surface area contributed by atoms with Gasteiger partial charge in [0.1, 0.15) is 11.8 Å². The number of hydrogen-bond donors (Lipinski definition) is 1. The number of nitrogens with zero attached hydrogens (tertiary/aromatic N) is 2. The van der Waals surface area contributed by atoms with E-state index in [9.17, 15) is 4.79 Å². The number of carbonyl (C=O) groups excluding carboxylic acids is 1. The molecule has 1 aromatic heterocycles. The quantitative estimate of drug-likeness (QED) is 0.890. The maximum Gasteiger partial charge on any atom is 0.273 e. The van der Waals surface area contributed by atoms with E-state index in [0.717, 1.165) is 5.56 Å². The van der Waals surface area contributed by atoms with Gasteiger partial charge in [-0.3, -0.25) is 9.89 Å². The highest BCUT2D eigenvalue weighted by Gasteiger charge is 2.28. The highest BCUT2D eigenvalue weighted by atomic mass is 35.5. The van der Waals surface area contributed by atoms with Crippen molar-refractivity contribution in [2.45, 2.75) is 6.10 Å². The molecular weight excluding hydrogens is 349 g/mol. The van der Waals surface area contributed by atoms with Gasteiger partial charge in [0.05, 0.1) is 34.4 Å². The van der Waals surface area contributed by atoms with Crippen molar-refractivity contribution in [2.24, 2.45) is 0 Å². The number of carbonyl (C=O) groups is 1. The van der Waals surface area contributed by atoms with Crippen molar-refractivity contribution in [2.75, 3.05) is 19.7 Å². The first kappa shape index (κ1) is 15.6. The van der Waals surface area contributed by atoms with E-state index in [0.29, 0.717) is 34.8 Å². The largest absolute Gasteiger partial charge is 0.370 e. The molecule has 116 valence electrons. The number of nitrogens with one attached hydrogen (secondary N) is 1. The molecule has 22 heavy (non-hydrogen) atoms. The standard InChI is InChI=1S/C14H12Cl3N3O2/c15-9-2-1-8(5-10(9)16)12-7-20(3-4-22-12)14(21)13-11(17)6-18-19-13/h1-2,5-6,12H,3-4,7H2,(H,18,19)/t12-/m0/s1. The van der Waals surface area contributed by atoms with Crippen LogP contribution in [0.5, 0.6) is 0 Å². The fourth-order valence-corrected chi connectivity index (χ4v) is 2.81. The molecule has 0 radical (unpaired) electrons. The lowest BCUT2D eigenvalue weighted by Crippen LogP contribution is -2.42. The van der Waals surface area contributed by atoms with Crippen LogP contribution in [0.4, 0.5) is 0 Å². The Balaban J connectivity index is 1.78. The van der Waals surface area contributed by atoms with Crippen molar-refractivity contribution >= 4 is 40.7 Å². The van der Waals surface area contributed by atoms with E-state index in [-0.39, 0.29) is 17.7 Å². The van der Waals surface area contributed by atoms with Crippen molar-refractivity contribution < 1.29 is 9.53 Å². The first-order valence-corrected chi connectivity index (χ1v) is 7.74. The lowest BCUT2D eigenvalue weighted by atomic mass is 10.1. The number of ether oxygens (including phenoxy) is 1. The number of aromatic amines is 1. The molecule has 5 nitrogen and oxygen atoms in total. The fourth-order valence-electron chi connectivity index (χ4n) is 2.33. The SMILES string of the molecule is O=C(c1[nH]ncc1Cl)N1CCO[C@H](c2ccc(Cl)c(Cl)c2)C1. The summed E-state index contributed by atoms with van der Waals surface area (Å²) < 4.78 is 5.73.